The van der Waals surface area contributed by atoms with Crippen LogP contribution >= 0.6 is 0 Å². The maximum atomic E-state index is 14.1. The minimum atomic E-state index is -3.84. The fraction of sp³-hybridized carbons (Fsp3) is 0.350. The normalized spacial score (nSPS) is 12.3. The predicted molar refractivity (Wildman–Crippen MR) is 111 cm³/mol. The summed E-state index contributed by atoms with van der Waals surface area (Å²) in [4.78, 5) is 14.5. The van der Waals surface area contributed by atoms with E-state index in [9.17, 15) is 17.6 Å². The number of nitrogens with zero attached hydrogens (tertiary/aromatic N) is 2. The second-order valence-corrected chi connectivity index (χ2v) is 8.45. The highest BCUT2D eigenvalue weighted by atomic mass is 32.2. The third-order valence-corrected chi connectivity index (χ3v) is 5.57. The van der Waals surface area contributed by atoms with Gasteiger partial charge in [0.1, 0.15) is 11.9 Å². The highest BCUT2D eigenvalue weighted by Crippen LogP contribution is 2.24. The lowest BCUT2D eigenvalue weighted by Crippen LogP contribution is -2.48. The van der Waals surface area contributed by atoms with E-state index in [0.29, 0.717) is 13.0 Å². The van der Waals surface area contributed by atoms with Crippen molar-refractivity contribution in [3.63, 3.8) is 0 Å². The number of halogens is 1. The molecule has 1 atom stereocenters. The first-order chi connectivity index (χ1) is 13.2. The molecular formula is C20H26FN3O3S. The van der Waals surface area contributed by atoms with Crippen molar-refractivity contribution >= 4 is 27.3 Å². The van der Waals surface area contributed by atoms with Gasteiger partial charge < -0.3 is 10.2 Å². The summed E-state index contributed by atoms with van der Waals surface area (Å²) in [5.74, 6) is -1.17. The van der Waals surface area contributed by atoms with Crippen molar-refractivity contribution < 1.29 is 17.6 Å². The van der Waals surface area contributed by atoms with Gasteiger partial charge in [0.2, 0.25) is 15.9 Å². The van der Waals surface area contributed by atoms with Crippen LogP contribution in [0.3, 0.4) is 0 Å². The molecule has 2 aromatic carbocycles. The van der Waals surface area contributed by atoms with Crippen LogP contribution in [-0.4, -0.2) is 46.8 Å². The molecule has 0 aliphatic rings. The first-order valence-corrected chi connectivity index (χ1v) is 10.8. The molecule has 0 heterocycles. The number of hydrogen-bond donors (Lipinski definition) is 1. The number of anilines is 2. The molecular weight excluding hydrogens is 381 g/mol. The summed E-state index contributed by atoms with van der Waals surface area (Å²) in [6.45, 7) is 2.55. The predicted octanol–water partition coefficient (Wildman–Crippen LogP) is 2.62. The van der Waals surface area contributed by atoms with E-state index in [1.54, 1.807) is 0 Å². The number of hydrogen-bond acceptors (Lipinski definition) is 4. The zero-order valence-electron chi connectivity index (χ0n) is 16.3. The van der Waals surface area contributed by atoms with Crippen molar-refractivity contribution in [3.05, 3.63) is 60.4 Å². The molecule has 8 heteroatoms. The Hall–Kier alpha value is -2.61. The van der Waals surface area contributed by atoms with Crippen molar-refractivity contribution in [3.8, 4) is 0 Å². The summed E-state index contributed by atoms with van der Waals surface area (Å²) in [7, 11) is -1.88. The quantitative estimate of drug-likeness (QED) is 0.649. The van der Waals surface area contributed by atoms with Gasteiger partial charge in [-0.3, -0.25) is 9.10 Å². The lowest BCUT2D eigenvalue weighted by atomic mass is 10.2. The van der Waals surface area contributed by atoms with Gasteiger partial charge in [-0.05, 0) is 37.6 Å². The third-order valence-electron chi connectivity index (χ3n) is 4.34. The van der Waals surface area contributed by atoms with Gasteiger partial charge >= 0.3 is 0 Å². The highest BCUT2D eigenvalue weighted by Gasteiger charge is 2.30. The second-order valence-electron chi connectivity index (χ2n) is 6.59. The molecule has 1 unspecified atom stereocenters. The van der Waals surface area contributed by atoms with Crippen LogP contribution in [0.2, 0.25) is 0 Å². The number of carbonyl (C=O) groups is 1. The Kier molecular flexibility index (Phi) is 7.39. The molecule has 0 fully saturated rings. The number of benzene rings is 2. The van der Waals surface area contributed by atoms with E-state index >= 15 is 0 Å². The number of rotatable bonds is 9. The van der Waals surface area contributed by atoms with Gasteiger partial charge in [0, 0.05) is 25.8 Å². The lowest BCUT2D eigenvalue weighted by Gasteiger charge is -2.28. The Morgan fingerprint density at radius 2 is 1.71 bits per heavy atom. The van der Waals surface area contributed by atoms with E-state index < -0.39 is 27.8 Å². The summed E-state index contributed by atoms with van der Waals surface area (Å²) in [6.07, 6.45) is 1.64. The molecule has 6 nitrogen and oxygen atoms in total. The lowest BCUT2D eigenvalue weighted by molar-refractivity contribution is -0.121. The fourth-order valence-corrected chi connectivity index (χ4v) is 4.07. The van der Waals surface area contributed by atoms with Crippen molar-refractivity contribution in [2.24, 2.45) is 0 Å². The number of para-hydroxylation sites is 2. The van der Waals surface area contributed by atoms with Crippen LogP contribution in [0.1, 0.15) is 13.3 Å². The van der Waals surface area contributed by atoms with Crippen molar-refractivity contribution in [1.82, 2.24) is 5.32 Å². The van der Waals surface area contributed by atoms with Gasteiger partial charge in [0.15, 0.2) is 0 Å². The van der Waals surface area contributed by atoms with E-state index in [2.05, 4.69) is 10.2 Å². The van der Waals surface area contributed by atoms with Gasteiger partial charge in [0.25, 0.3) is 0 Å². The smallest absolute Gasteiger partial charge is 0.243 e. The minimum Gasteiger partial charge on any atom is -0.375 e. The third kappa shape index (κ3) is 5.69. The van der Waals surface area contributed by atoms with Crippen LogP contribution in [0.4, 0.5) is 15.8 Å². The molecule has 0 aliphatic carbocycles. The van der Waals surface area contributed by atoms with Crippen LogP contribution in [0.5, 0.6) is 0 Å². The van der Waals surface area contributed by atoms with Gasteiger partial charge in [-0.25, -0.2) is 12.8 Å². The molecule has 0 spiro atoms. The van der Waals surface area contributed by atoms with E-state index in [4.69, 9.17) is 0 Å². The number of amides is 1. The Labute approximate surface area is 166 Å². The number of carbonyl (C=O) groups excluding carboxylic acids is 1. The van der Waals surface area contributed by atoms with E-state index in [1.807, 2.05) is 37.4 Å². The van der Waals surface area contributed by atoms with Gasteiger partial charge in [-0.15, -0.1) is 0 Å². The van der Waals surface area contributed by atoms with Crippen molar-refractivity contribution in [1.29, 1.82) is 0 Å². The van der Waals surface area contributed by atoms with Crippen LogP contribution in [0.25, 0.3) is 0 Å². The van der Waals surface area contributed by atoms with Crippen LogP contribution in [-0.2, 0) is 14.8 Å². The monoisotopic (exact) mass is 407 g/mol. The molecule has 1 amide bonds. The average molecular weight is 408 g/mol. The molecule has 2 rings (SSSR count). The Morgan fingerprint density at radius 1 is 1.11 bits per heavy atom. The van der Waals surface area contributed by atoms with Crippen molar-refractivity contribution in [2.75, 3.05) is 35.6 Å². The highest BCUT2D eigenvalue weighted by molar-refractivity contribution is 7.92. The topological polar surface area (TPSA) is 69.7 Å². The maximum Gasteiger partial charge on any atom is 0.243 e. The maximum absolute atomic E-state index is 14.1. The summed E-state index contributed by atoms with van der Waals surface area (Å²) >= 11 is 0. The van der Waals surface area contributed by atoms with Gasteiger partial charge in [-0.1, -0.05) is 30.3 Å². The SMILES string of the molecule is CC(C(=O)NCCCN(C)c1ccccc1)N(c1ccccc1F)S(C)(=O)=O. The van der Waals surface area contributed by atoms with Crippen LogP contribution in [0.15, 0.2) is 54.6 Å². The first-order valence-electron chi connectivity index (χ1n) is 8.99. The first kappa shape index (κ1) is 21.7. The van der Waals surface area contributed by atoms with Crippen LogP contribution < -0.4 is 14.5 Å². The van der Waals surface area contributed by atoms with E-state index in [-0.39, 0.29) is 5.69 Å². The minimum absolute atomic E-state index is 0.142. The zero-order valence-corrected chi connectivity index (χ0v) is 17.1. The molecule has 0 aliphatic heterocycles. The molecule has 2 aromatic rings. The largest absolute Gasteiger partial charge is 0.375 e. The van der Waals surface area contributed by atoms with E-state index in [1.165, 1.54) is 25.1 Å². The Morgan fingerprint density at radius 3 is 2.32 bits per heavy atom. The van der Waals surface area contributed by atoms with Gasteiger partial charge in [-0.2, -0.15) is 0 Å². The average Bonchev–Trinajstić information content (AvgIpc) is 2.66. The summed E-state index contributed by atoms with van der Waals surface area (Å²) < 4.78 is 39.3. The molecule has 0 radical (unpaired) electrons. The molecule has 0 saturated carbocycles. The molecule has 152 valence electrons. The standard InChI is InChI=1S/C20H26FN3O3S/c1-16(24(28(3,26)27)19-13-8-7-12-18(19)21)20(25)22-14-9-15-23(2)17-10-5-4-6-11-17/h4-8,10-13,16H,9,14-15H2,1-3H3,(H,22,25). The molecule has 0 aromatic heterocycles. The number of nitrogens with one attached hydrogen (secondary N) is 1. The van der Waals surface area contributed by atoms with Crippen molar-refractivity contribution in [2.45, 2.75) is 19.4 Å². The van der Waals surface area contributed by atoms with Crippen LogP contribution in [0, 0.1) is 5.82 Å². The zero-order chi connectivity index (χ0) is 20.7. The molecule has 28 heavy (non-hydrogen) atoms. The molecule has 1 N–H and O–H groups in total. The Balaban J connectivity index is 1.95. The Bertz CT molecular complexity index is 891. The molecule has 0 bridgehead atoms. The second kappa shape index (κ2) is 9.54. The fourth-order valence-electron chi connectivity index (χ4n) is 2.90. The molecule has 0 saturated heterocycles. The summed E-state index contributed by atoms with van der Waals surface area (Å²) in [5.41, 5.74) is 0.932. The van der Waals surface area contributed by atoms with Gasteiger partial charge in [0.05, 0.1) is 11.9 Å². The van der Waals surface area contributed by atoms with E-state index in [0.717, 1.165) is 28.9 Å². The summed E-state index contributed by atoms with van der Waals surface area (Å²) in [6, 6.07) is 14.3. The number of sulfonamides is 1. The summed E-state index contributed by atoms with van der Waals surface area (Å²) in [5, 5.41) is 2.74.